The minimum Gasteiger partial charge on any atom is -0.358 e. The zero-order chi connectivity index (χ0) is 11.5. The van der Waals surface area contributed by atoms with Crippen LogP contribution in [0.1, 0.15) is 16.7 Å². The molecule has 1 heterocycles. The first-order valence-electron chi connectivity index (χ1n) is 5.70. The van der Waals surface area contributed by atoms with Crippen molar-refractivity contribution in [3.8, 4) is 0 Å². The molecule has 0 saturated carbocycles. The molecule has 0 aromatic heterocycles. The van der Waals surface area contributed by atoms with Gasteiger partial charge in [-0.2, -0.15) is 0 Å². The first-order valence-corrected chi connectivity index (χ1v) is 5.70. The van der Waals surface area contributed by atoms with Crippen LogP contribution >= 0.6 is 0 Å². The Morgan fingerprint density at radius 2 is 2.25 bits per heavy atom. The SMILES string of the molecule is CNC(=O)CN1CCc2ccc(C)cc2C1. The fourth-order valence-electron chi connectivity index (χ4n) is 2.16. The van der Waals surface area contributed by atoms with Gasteiger partial charge in [0.1, 0.15) is 0 Å². The average Bonchev–Trinajstić information content (AvgIpc) is 2.28. The first-order chi connectivity index (χ1) is 7.69. The largest absolute Gasteiger partial charge is 0.358 e. The van der Waals surface area contributed by atoms with Gasteiger partial charge >= 0.3 is 0 Å². The van der Waals surface area contributed by atoms with Gasteiger partial charge in [0.05, 0.1) is 6.54 Å². The first kappa shape index (κ1) is 11.1. The van der Waals surface area contributed by atoms with Crippen molar-refractivity contribution in [1.29, 1.82) is 0 Å². The lowest BCUT2D eigenvalue weighted by Crippen LogP contribution is -2.38. The smallest absolute Gasteiger partial charge is 0.233 e. The van der Waals surface area contributed by atoms with Crippen molar-refractivity contribution in [1.82, 2.24) is 10.2 Å². The molecule has 0 unspecified atom stereocenters. The van der Waals surface area contributed by atoms with E-state index in [1.165, 1.54) is 16.7 Å². The standard InChI is InChI=1S/C13H18N2O/c1-10-3-4-11-5-6-15(8-12(11)7-10)9-13(16)14-2/h3-4,7H,5-6,8-9H2,1-2H3,(H,14,16). The zero-order valence-electron chi connectivity index (χ0n) is 9.92. The second-order valence-electron chi connectivity index (χ2n) is 4.41. The Labute approximate surface area is 96.5 Å². The predicted molar refractivity (Wildman–Crippen MR) is 64.2 cm³/mol. The second-order valence-corrected chi connectivity index (χ2v) is 4.41. The van der Waals surface area contributed by atoms with Crippen LogP contribution in [-0.2, 0) is 17.8 Å². The van der Waals surface area contributed by atoms with Crippen LogP contribution in [-0.4, -0.2) is 30.9 Å². The second kappa shape index (κ2) is 4.66. The van der Waals surface area contributed by atoms with Crippen molar-refractivity contribution >= 4 is 5.91 Å². The van der Waals surface area contributed by atoms with Crippen molar-refractivity contribution in [2.45, 2.75) is 19.9 Å². The van der Waals surface area contributed by atoms with Gasteiger partial charge in [0.2, 0.25) is 5.91 Å². The molecule has 1 aliphatic heterocycles. The van der Waals surface area contributed by atoms with Gasteiger partial charge in [-0.05, 0) is 24.5 Å². The number of likely N-dealkylation sites (N-methyl/N-ethyl adjacent to an activating group) is 1. The highest BCUT2D eigenvalue weighted by Gasteiger charge is 2.17. The molecule has 0 radical (unpaired) electrons. The predicted octanol–water partition coefficient (Wildman–Crippen LogP) is 1.10. The van der Waals surface area contributed by atoms with E-state index in [9.17, 15) is 4.79 Å². The number of benzene rings is 1. The molecule has 1 N–H and O–H groups in total. The Balaban J connectivity index is 2.08. The van der Waals surface area contributed by atoms with Crippen LogP contribution in [0.2, 0.25) is 0 Å². The van der Waals surface area contributed by atoms with E-state index in [1.807, 2.05) is 0 Å². The molecule has 16 heavy (non-hydrogen) atoms. The summed E-state index contributed by atoms with van der Waals surface area (Å²) in [7, 11) is 1.68. The van der Waals surface area contributed by atoms with Crippen molar-refractivity contribution in [3.63, 3.8) is 0 Å². The highest BCUT2D eigenvalue weighted by atomic mass is 16.1. The minimum atomic E-state index is 0.0936. The highest BCUT2D eigenvalue weighted by molar-refractivity contribution is 5.77. The van der Waals surface area contributed by atoms with E-state index in [1.54, 1.807) is 7.05 Å². The maximum absolute atomic E-state index is 11.3. The Bertz CT molecular complexity index is 401. The maximum Gasteiger partial charge on any atom is 0.233 e. The molecule has 0 spiro atoms. The fourth-order valence-corrected chi connectivity index (χ4v) is 2.16. The van der Waals surface area contributed by atoms with Crippen LogP contribution in [0, 0.1) is 6.92 Å². The number of hydrogen-bond acceptors (Lipinski definition) is 2. The monoisotopic (exact) mass is 218 g/mol. The number of nitrogens with one attached hydrogen (secondary N) is 1. The molecule has 1 aromatic carbocycles. The quantitative estimate of drug-likeness (QED) is 0.806. The third-order valence-electron chi connectivity index (χ3n) is 3.10. The Morgan fingerprint density at radius 3 is 3.00 bits per heavy atom. The number of aryl methyl sites for hydroxylation is 1. The molecule has 0 saturated heterocycles. The third-order valence-corrected chi connectivity index (χ3v) is 3.10. The van der Waals surface area contributed by atoms with Gasteiger partial charge in [0.25, 0.3) is 0 Å². The zero-order valence-corrected chi connectivity index (χ0v) is 9.92. The van der Waals surface area contributed by atoms with E-state index in [0.29, 0.717) is 6.54 Å². The number of carbonyl (C=O) groups is 1. The van der Waals surface area contributed by atoms with Crippen molar-refractivity contribution in [3.05, 3.63) is 34.9 Å². The number of fused-ring (bicyclic) bond motifs is 1. The molecular formula is C13H18N2O. The summed E-state index contributed by atoms with van der Waals surface area (Å²) in [5, 5.41) is 2.67. The lowest BCUT2D eigenvalue weighted by Gasteiger charge is -2.28. The summed E-state index contributed by atoms with van der Waals surface area (Å²) in [4.78, 5) is 13.5. The molecule has 0 fully saturated rings. The molecule has 86 valence electrons. The Morgan fingerprint density at radius 1 is 1.44 bits per heavy atom. The molecule has 0 atom stereocenters. The summed E-state index contributed by atoms with van der Waals surface area (Å²) >= 11 is 0. The van der Waals surface area contributed by atoms with Crippen LogP contribution in [0.25, 0.3) is 0 Å². The molecular weight excluding hydrogens is 200 g/mol. The van der Waals surface area contributed by atoms with Crippen LogP contribution in [0.15, 0.2) is 18.2 Å². The molecule has 2 rings (SSSR count). The van der Waals surface area contributed by atoms with Crippen LogP contribution in [0.3, 0.4) is 0 Å². The fraction of sp³-hybridized carbons (Fsp3) is 0.462. The lowest BCUT2D eigenvalue weighted by molar-refractivity contribution is -0.121. The van der Waals surface area contributed by atoms with Gasteiger partial charge in [-0.15, -0.1) is 0 Å². The van der Waals surface area contributed by atoms with Gasteiger partial charge < -0.3 is 5.32 Å². The van der Waals surface area contributed by atoms with Crippen LogP contribution in [0.4, 0.5) is 0 Å². The van der Waals surface area contributed by atoms with E-state index in [-0.39, 0.29) is 5.91 Å². The number of nitrogens with zero attached hydrogens (tertiary/aromatic N) is 1. The molecule has 1 amide bonds. The molecule has 3 heteroatoms. The van der Waals surface area contributed by atoms with Crippen LogP contribution < -0.4 is 5.32 Å². The topological polar surface area (TPSA) is 32.3 Å². The van der Waals surface area contributed by atoms with E-state index in [4.69, 9.17) is 0 Å². The summed E-state index contributed by atoms with van der Waals surface area (Å²) in [5.41, 5.74) is 4.09. The number of hydrogen-bond donors (Lipinski definition) is 1. The van der Waals surface area contributed by atoms with Gasteiger partial charge in [-0.25, -0.2) is 0 Å². The Hall–Kier alpha value is -1.35. The van der Waals surface area contributed by atoms with Gasteiger partial charge in [0.15, 0.2) is 0 Å². The van der Waals surface area contributed by atoms with Crippen molar-refractivity contribution in [2.24, 2.45) is 0 Å². The molecule has 0 bridgehead atoms. The van der Waals surface area contributed by atoms with Gasteiger partial charge in [-0.1, -0.05) is 23.8 Å². The lowest BCUT2D eigenvalue weighted by atomic mass is 9.98. The Kier molecular flexibility index (Phi) is 3.25. The van der Waals surface area contributed by atoms with E-state index in [2.05, 4.69) is 35.3 Å². The normalized spacial score (nSPS) is 15.6. The van der Waals surface area contributed by atoms with Gasteiger partial charge in [0, 0.05) is 20.1 Å². The van der Waals surface area contributed by atoms with E-state index < -0.39 is 0 Å². The van der Waals surface area contributed by atoms with E-state index >= 15 is 0 Å². The van der Waals surface area contributed by atoms with Crippen LogP contribution in [0.5, 0.6) is 0 Å². The molecule has 1 aliphatic rings. The van der Waals surface area contributed by atoms with Gasteiger partial charge in [-0.3, -0.25) is 9.69 Å². The number of amides is 1. The van der Waals surface area contributed by atoms with Crippen molar-refractivity contribution < 1.29 is 4.79 Å². The average molecular weight is 218 g/mol. The minimum absolute atomic E-state index is 0.0936. The summed E-state index contributed by atoms with van der Waals surface area (Å²) in [6.45, 7) is 4.48. The van der Waals surface area contributed by atoms with Crippen molar-refractivity contribution in [2.75, 3.05) is 20.1 Å². The molecule has 1 aromatic rings. The summed E-state index contributed by atoms with van der Waals surface area (Å²) in [5.74, 6) is 0.0936. The molecule has 3 nitrogen and oxygen atoms in total. The third kappa shape index (κ3) is 2.42. The summed E-state index contributed by atoms with van der Waals surface area (Å²) < 4.78 is 0. The summed E-state index contributed by atoms with van der Waals surface area (Å²) in [6, 6.07) is 6.60. The molecule has 0 aliphatic carbocycles. The summed E-state index contributed by atoms with van der Waals surface area (Å²) in [6.07, 6.45) is 1.05. The maximum atomic E-state index is 11.3. The number of rotatable bonds is 2. The number of carbonyl (C=O) groups excluding carboxylic acids is 1. The highest BCUT2D eigenvalue weighted by Crippen LogP contribution is 2.19. The van der Waals surface area contributed by atoms with E-state index in [0.717, 1.165) is 19.5 Å².